The van der Waals surface area contributed by atoms with Gasteiger partial charge < -0.3 is 10.1 Å². The molecule has 0 aliphatic heterocycles. The summed E-state index contributed by atoms with van der Waals surface area (Å²) in [6, 6.07) is 4.06. The van der Waals surface area contributed by atoms with E-state index in [0.29, 0.717) is 0 Å². The van der Waals surface area contributed by atoms with Crippen molar-refractivity contribution >= 4 is 0 Å². The third-order valence-corrected chi connectivity index (χ3v) is 3.18. The highest BCUT2D eigenvalue weighted by molar-refractivity contribution is 5.29. The standard InChI is InChI=1S/C17H30N2O/c1-7-15-16(11-10-13(2)19-15)20-14(3)9-8-12-18-17(4,5)6/h10-11,14,18H,7-9,12H2,1-6H3. The SMILES string of the molecule is CCc1nc(C)ccc1OC(C)CCCNC(C)(C)C. The molecule has 20 heavy (non-hydrogen) atoms. The van der Waals surface area contributed by atoms with Crippen molar-refractivity contribution in [1.29, 1.82) is 0 Å². The number of hydrogen-bond donors (Lipinski definition) is 1. The molecular weight excluding hydrogens is 248 g/mol. The number of ether oxygens (including phenoxy) is 1. The maximum absolute atomic E-state index is 6.03. The summed E-state index contributed by atoms with van der Waals surface area (Å²) in [5, 5.41) is 3.50. The Balaban J connectivity index is 2.40. The van der Waals surface area contributed by atoms with Gasteiger partial charge in [0.2, 0.25) is 0 Å². The number of hydrogen-bond acceptors (Lipinski definition) is 3. The van der Waals surface area contributed by atoms with Crippen molar-refractivity contribution in [2.75, 3.05) is 6.54 Å². The van der Waals surface area contributed by atoms with E-state index in [-0.39, 0.29) is 11.6 Å². The molecule has 0 aromatic carbocycles. The molecule has 0 aliphatic rings. The van der Waals surface area contributed by atoms with Crippen LogP contribution < -0.4 is 10.1 Å². The minimum Gasteiger partial charge on any atom is -0.489 e. The molecule has 3 heteroatoms. The number of rotatable bonds is 7. The number of aryl methyl sites for hydroxylation is 2. The molecule has 1 aromatic heterocycles. The summed E-state index contributed by atoms with van der Waals surface area (Å²) in [5.74, 6) is 0.939. The predicted molar refractivity (Wildman–Crippen MR) is 85.4 cm³/mol. The maximum atomic E-state index is 6.03. The largest absolute Gasteiger partial charge is 0.489 e. The Hall–Kier alpha value is -1.09. The monoisotopic (exact) mass is 278 g/mol. The van der Waals surface area contributed by atoms with Gasteiger partial charge in [0.05, 0.1) is 11.8 Å². The van der Waals surface area contributed by atoms with Gasteiger partial charge >= 0.3 is 0 Å². The summed E-state index contributed by atoms with van der Waals surface area (Å²) in [6.45, 7) is 13.9. The second-order valence-electron chi connectivity index (χ2n) is 6.50. The van der Waals surface area contributed by atoms with Crippen LogP contribution in [-0.2, 0) is 6.42 Å². The Morgan fingerprint density at radius 1 is 1.30 bits per heavy atom. The molecule has 114 valence electrons. The smallest absolute Gasteiger partial charge is 0.141 e. The molecule has 0 bridgehead atoms. The van der Waals surface area contributed by atoms with Gasteiger partial charge in [0.15, 0.2) is 0 Å². The average Bonchev–Trinajstić information content (AvgIpc) is 2.35. The van der Waals surface area contributed by atoms with Gasteiger partial charge in [-0.3, -0.25) is 4.98 Å². The molecule has 3 nitrogen and oxygen atoms in total. The molecule has 1 N–H and O–H groups in total. The molecule has 0 radical (unpaired) electrons. The molecule has 0 spiro atoms. The first kappa shape index (κ1) is 17.0. The molecule has 1 atom stereocenters. The maximum Gasteiger partial charge on any atom is 0.141 e. The van der Waals surface area contributed by atoms with Crippen LogP contribution in [0.5, 0.6) is 5.75 Å². The first-order valence-corrected chi connectivity index (χ1v) is 7.70. The zero-order valence-electron chi connectivity index (χ0n) is 13.9. The zero-order chi connectivity index (χ0) is 15.2. The van der Waals surface area contributed by atoms with Gasteiger partial charge in [-0.05, 0) is 72.6 Å². The van der Waals surface area contributed by atoms with Gasteiger partial charge in [-0.15, -0.1) is 0 Å². The van der Waals surface area contributed by atoms with Crippen molar-refractivity contribution in [3.63, 3.8) is 0 Å². The van der Waals surface area contributed by atoms with E-state index in [1.54, 1.807) is 0 Å². The molecule has 1 aromatic rings. The fraction of sp³-hybridized carbons (Fsp3) is 0.706. The average molecular weight is 278 g/mol. The second-order valence-corrected chi connectivity index (χ2v) is 6.50. The van der Waals surface area contributed by atoms with Gasteiger partial charge in [-0.1, -0.05) is 6.92 Å². The molecule has 0 saturated heterocycles. The molecule has 1 heterocycles. The van der Waals surface area contributed by atoms with Gasteiger partial charge in [-0.25, -0.2) is 0 Å². The van der Waals surface area contributed by atoms with E-state index >= 15 is 0 Å². The summed E-state index contributed by atoms with van der Waals surface area (Å²) >= 11 is 0. The minimum atomic E-state index is 0.195. The Bertz CT molecular complexity index is 410. The molecule has 0 amide bonds. The number of aromatic nitrogens is 1. The Kier molecular flexibility index (Phi) is 6.47. The van der Waals surface area contributed by atoms with Crippen molar-refractivity contribution in [1.82, 2.24) is 10.3 Å². The molecule has 0 saturated carbocycles. The third-order valence-electron chi connectivity index (χ3n) is 3.18. The first-order valence-electron chi connectivity index (χ1n) is 7.70. The summed E-state index contributed by atoms with van der Waals surface area (Å²) in [5.41, 5.74) is 2.31. The second kappa shape index (κ2) is 7.63. The minimum absolute atomic E-state index is 0.195. The lowest BCUT2D eigenvalue weighted by Crippen LogP contribution is -2.36. The van der Waals surface area contributed by atoms with E-state index in [4.69, 9.17) is 4.74 Å². The normalized spacial score (nSPS) is 13.3. The lowest BCUT2D eigenvalue weighted by atomic mass is 10.1. The van der Waals surface area contributed by atoms with E-state index < -0.39 is 0 Å². The van der Waals surface area contributed by atoms with Crippen LogP contribution in [0.2, 0.25) is 0 Å². The Labute approximate surface area is 124 Å². The molecule has 0 aliphatic carbocycles. The van der Waals surface area contributed by atoms with E-state index in [2.05, 4.69) is 44.9 Å². The molecular formula is C17H30N2O. The van der Waals surface area contributed by atoms with Crippen LogP contribution in [0, 0.1) is 6.92 Å². The summed E-state index contributed by atoms with van der Waals surface area (Å²) < 4.78 is 6.03. The van der Waals surface area contributed by atoms with Crippen LogP contribution in [0.25, 0.3) is 0 Å². The van der Waals surface area contributed by atoms with Crippen LogP contribution >= 0.6 is 0 Å². The highest BCUT2D eigenvalue weighted by Gasteiger charge is 2.11. The van der Waals surface area contributed by atoms with Crippen LogP contribution in [0.15, 0.2) is 12.1 Å². The molecule has 0 fully saturated rings. The summed E-state index contributed by atoms with van der Waals surface area (Å²) in [7, 11) is 0. The van der Waals surface area contributed by atoms with Crippen LogP contribution in [0.1, 0.15) is 58.8 Å². The van der Waals surface area contributed by atoms with Crippen molar-refractivity contribution in [2.24, 2.45) is 0 Å². The molecule has 1 unspecified atom stereocenters. The predicted octanol–water partition coefficient (Wildman–Crippen LogP) is 3.89. The van der Waals surface area contributed by atoms with Crippen molar-refractivity contribution in [2.45, 2.75) is 72.4 Å². The topological polar surface area (TPSA) is 34.1 Å². The molecule has 1 rings (SSSR count). The van der Waals surface area contributed by atoms with Crippen LogP contribution in [0.4, 0.5) is 0 Å². The van der Waals surface area contributed by atoms with Crippen LogP contribution in [0.3, 0.4) is 0 Å². The fourth-order valence-corrected chi connectivity index (χ4v) is 2.09. The number of nitrogens with one attached hydrogen (secondary N) is 1. The Morgan fingerprint density at radius 2 is 2.00 bits per heavy atom. The number of pyridine rings is 1. The quantitative estimate of drug-likeness (QED) is 0.768. The van der Waals surface area contributed by atoms with Gasteiger partial charge in [0.1, 0.15) is 5.75 Å². The lowest BCUT2D eigenvalue weighted by Gasteiger charge is -2.21. The Morgan fingerprint density at radius 3 is 2.60 bits per heavy atom. The van der Waals surface area contributed by atoms with Crippen molar-refractivity contribution in [3.8, 4) is 5.75 Å². The highest BCUT2D eigenvalue weighted by Crippen LogP contribution is 2.20. The van der Waals surface area contributed by atoms with Gasteiger partial charge in [0.25, 0.3) is 0 Å². The lowest BCUT2D eigenvalue weighted by molar-refractivity contribution is 0.203. The van der Waals surface area contributed by atoms with Crippen molar-refractivity contribution < 1.29 is 4.74 Å². The number of nitrogens with zero attached hydrogens (tertiary/aromatic N) is 1. The van der Waals surface area contributed by atoms with E-state index in [1.165, 1.54) is 0 Å². The fourth-order valence-electron chi connectivity index (χ4n) is 2.09. The summed E-state index contributed by atoms with van der Waals surface area (Å²) in [4.78, 5) is 4.54. The summed E-state index contributed by atoms with van der Waals surface area (Å²) in [6.07, 6.45) is 3.32. The van der Waals surface area contributed by atoms with Crippen molar-refractivity contribution in [3.05, 3.63) is 23.5 Å². The van der Waals surface area contributed by atoms with E-state index in [0.717, 1.165) is 42.9 Å². The van der Waals surface area contributed by atoms with Crippen LogP contribution in [-0.4, -0.2) is 23.2 Å². The van der Waals surface area contributed by atoms with E-state index in [1.807, 2.05) is 19.1 Å². The third kappa shape index (κ3) is 6.38. The van der Waals surface area contributed by atoms with E-state index in [9.17, 15) is 0 Å². The highest BCUT2D eigenvalue weighted by atomic mass is 16.5. The first-order chi connectivity index (χ1) is 9.31. The van der Waals surface area contributed by atoms with Gasteiger partial charge in [0, 0.05) is 11.2 Å². The van der Waals surface area contributed by atoms with Gasteiger partial charge in [-0.2, -0.15) is 0 Å². The zero-order valence-corrected chi connectivity index (χ0v) is 13.9.